The number of benzene rings is 2. The third-order valence-electron chi connectivity index (χ3n) is 2.80. The summed E-state index contributed by atoms with van der Waals surface area (Å²) in [4.78, 5) is 11.2. The minimum absolute atomic E-state index is 0.246. The molecule has 0 aromatic heterocycles. The fourth-order valence-electron chi connectivity index (χ4n) is 1.73. The highest BCUT2D eigenvalue weighted by Gasteiger charge is 2.30. The molecule has 7 heteroatoms. The molecule has 0 unspecified atom stereocenters. The van der Waals surface area contributed by atoms with Crippen LogP contribution in [0.15, 0.2) is 48.5 Å². The summed E-state index contributed by atoms with van der Waals surface area (Å²) in [7, 11) is 0. The lowest BCUT2D eigenvalue weighted by molar-refractivity contribution is -0.137. The largest absolute Gasteiger partial charge is 0.457 e. The van der Waals surface area contributed by atoms with Gasteiger partial charge in [-0.15, -0.1) is 0 Å². The van der Waals surface area contributed by atoms with Crippen molar-refractivity contribution in [2.75, 3.05) is 5.32 Å². The second-order valence-electron chi connectivity index (χ2n) is 4.53. The lowest BCUT2D eigenvalue weighted by atomic mass is 10.2. The van der Waals surface area contributed by atoms with E-state index in [-0.39, 0.29) is 12.2 Å². The normalized spacial score (nSPS) is 10.7. The predicted molar refractivity (Wildman–Crippen MR) is 76.8 cm³/mol. The summed E-state index contributed by atoms with van der Waals surface area (Å²) in [5.41, 5.74) is -0.259. The molecule has 0 aliphatic rings. The Kier molecular flexibility index (Phi) is 4.86. The summed E-state index contributed by atoms with van der Waals surface area (Å²) >= 11 is 0. The van der Waals surface area contributed by atoms with Gasteiger partial charge in [-0.2, -0.15) is 18.4 Å². The molecule has 0 spiro atoms. The molecule has 2 rings (SSSR count). The minimum atomic E-state index is -4.39. The van der Waals surface area contributed by atoms with E-state index in [1.807, 2.05) is 0 Å². The average Bonchev–Trinajstić information content (AvgIpc) is 2.49. The predicted octanol–water partition coefficient (Wildman–Crippen LogP) is 4.35. The lowest BCUT2D eigenvalue weighted by Crippen LogP contribution is -2.09. The van der Waals surface area contributed by atoms with Gasteiger partial charge < -0.3 is 10.1 Å². The maximum absolute atomic E-state index is 12.5. The molecule has 0 saturated heterocycles. The number of ether oxygens (including phenoxy) is 1. The Balaban J connectivity index is 2.01. The summed E-state index contributed by atoms with van der Waals surface area (Å²) in [5.74, 6) is 0.242. The SMILES string of the molecule is N#CCC(=O)Nc1ccc(Oc2ccc(C(F)(F)F)cc2)cc1. The zero-order chi connectivity index (χ0) is 16.9. The first-order chi connectivity index (χ1) is 10.9. The lowest BCUT2D eigenvalue weighted by Gasteiger charge is -2.09. The Morgan fingerprint density at radius 2 is 1.57 bits per heavy atom. The monoisotopic (exact) mass is 320 g/mol. The number of nitriles is 1. The second-order valence-corrected chi connectivity index (χ2v) is 4.53. The Hall–Kier alpha value is -3.01. The Morgan fingerprint density at radius 3 is 2.04 bits per heavy atom. The van der Waals surface area contributed by atoms with Crippen LogP contribution in [0.4, 0.5) is 18.9 Å². The van der Waals surface area contributed by atoms with E-state index in [4.69, 9.17) is 10.00 Å². The molecule has 118 valence electrons. The van der Waals surface area contributed by atoms with Gasteiger partial charge in [-0.05, 0) is 48.5 Å². The number of hydrogen-bond donors (Lipinski definition) is 1. The van der Waals surface area contributed by atoms with Crippen molar-refractivity contribution in [1.82, 2.24) is 0 Å². The molecule has 1 amide bonds. The van der Waals surface area contributed by atoms with Gasteiger partial charge >= 0.3 is 6.18 Å². The van der Waals surface area contributed by atoms with Crippen LogP contribution in [0.5, 0.6) is 11.5 Å². The summed E-state index contributed by atoms with van der Waals surface area (Å²) in [5, 5.41) is 10.9. The van der Waals surface area contributed by atoms with Crippen molar-refractivity contribution in [3.05, 3.63) is 54.1 Å². The summed E-state index contributed by atoms with van der Waals surface area (Å²) < 4.78 is 42.8. The molecule has 2 aromatic carbocycles. The number of carbonyl (C=O) groups is 1. The van der Waals surface area contributed by atoms with E-state index in [9.17, 15) is 18.0 Å². The van der Waals surface area contributed by atoms with Crippen LogP contribution in [0.3, 0.4) is 0 Å². The van der Waals surface area contributed by atoms with Crippen molar-refractivity contribution in [3.8, 4) is 17.6 Å². The Bertz CT molecular complexity index is 717. The van der Waals surface area contributed by atoms with E-state index < -0.39 is 17.6 Å². The second kappa shape index (κ2) is 6.83. The molecule has 23 heavy (non-hydrogen) atoms. The maximum Gasteiger partial charge on any atom is 0.416 e. The molecule has 0 radical (unpaired) electrons. The molecule has 0 bridgehead atoms. The fraction of sp³-hybridized carbons (Fsp3) is 0.125. The third-order valence-corrected chi connectivity index (χ3v) is 2.80. The van der Waals surface area contributed by atoms with Crippen molar-refractivity contribution < 1.29 is 22.7 Å². The molecule has 1 N–H and O–H groups in total. The van der Waals surface area contributed by atoms with Gasteiger partial charge in [0.2, 0.25) is 5.91 Å². The molecule has 0 atom stereocenters. The molecule has 4 nitrogen and oxygen atoms in total. The molecule has 0 heterocycles. The third kappa shape index (κ3) is 4.74. The van der Waals surface area contributed by atoms with E-state index in [1.54, 1.807) is 30.3 Å². The van der Waals surface area contributed by atoms with Gasteiger partial charge in [-0.1, -0.05) is 0 Å². The Labute approximate surface area is 130 Å². The van der Waals surface area contributed by atoms with E-state index >= 15 is 0 Å². The Morgan fingerprint density at radius 1 is 1.04 bits per heavy atom. The van der Waals surface area contributed by atoms with Crippen LogP contribution in [0, 0.1) is 11.3 Å². The van der Waals surface area contributed by atoms with Crippen molar-refractivity contribution in [2.45, 2.75) is 12.6 Å². The number of hydrogen-bond acceptors (Lipinski definition) is 3. The van der Waals surface area contributed by atoms with Gasteiger partial charge in [0.05, 0.1) is 11.6 Å². The number of anilines is 1. The van der Waals surface area contributed by atoms with Gasteiger partial charge in [0, 0.05) is 5.69 Å². The van der Waals surface area contributed by atoms with Crippen LogP contribution in [-0.4, -0.2) is 5.91 Å². The molecule has 2 aromatic rings. The van der Waals surface area contributed by atoms with Crippen LogP contribution in [0.1, 0.15) is 12.0 Å². The summed E-state index contributed by atoms with van der Waals surface area (Å²) in [6.45, 7) is 0. The number of amides is 1. The number of nitrogens with one attached hydrogen (secondary N) is 1. The highest BCUT2D eigenvalue weighted by molar-refractivity contribution is 5.92. The van der Waals surface area contributed by atoms with E-state index in [2.05, 4.69) is 5.32 Å². The average molecular weight is 320 g/mol. The fourth-order valence-corrected chi connectivity index (χ4v) is 1.73. The smallest absolute Gasteiger partial charge is 0.416 e. The van der Waals surface area contributed by atoms with Crippen molar-refractivity contribution in [2.24, 2.45) is 0 Å². The van der Waals surface area contributed by atoms with Gasteiger partial charge in [0.25, 0.3) is 0 Å². The first-order valence-electron chi connectivity index (χ1n) is 6.50. The summed E-state index contributed by atoms with van der Waals surface area (Å²) in [6, 6.07) is 12.3. The van der Waals surface area contributed by atoms with E-state index in [0.29, 0.717) is 11.4 Å². The van der Waals surface area contributed by atoms with Crippen molar-refractivity contribution in [3.63, 3.8) is 0 Å². The van der Waals surface area contributed by atoms with Gasteiger partial charge in [-0.25, -0.2) is 0 Å². The van der Waals surface area contributed by atoms with Crippen LogP contribution in [0.25, 0.3) is 0 Å². The highest BCUT2D eigenvalue weighted by atomic mass is 19.4. The van der Waals surface area contributed by atoms with Gasteiger partial charge in [-0.3, -0.25) is 4.79 Å². The van der Waals surface area contributed by atoms with Crippen LogP contribution >= 0.6 is 0 Å². The topological polar surface area (TPSA) is 62.1 Å². The molecule has 0 aliphatic carbocycles. The van der Waals surface area contributed by atoms with E-state index in [1.165, 1.54) is 12.1 Å². The molecule has 0 saturated carbocycles. The molecular weight excluding hydrogens is 309 g/mol. The zero-order valence-corrected chi connectivity index (χ0v) is 11.7. The standard InChI is InChI=1S/C16H11F3N2O2/c17-16(18,19)11-1-5-13(6-2-11)23-14-7-3-12(4-8-14)21-15(22)9-10-20/h1-8H,9H2,(H,21,22). The molecule has 0 aliphatic heterocycles. The first kappa shape index (κ1) is 16.4. The zero-order valence-electron chi connectivity index (χ0n) is 11.7. The number of carbonyl (C=O) groups excluding carboxylic acids is 1. The van der Waals surface area contributed by atoms with E-state index in [0.717, 1.165) is 12.1 Å². The van der Waals surface area contributed by atoms with Crippen LogP contribution < -0.4 is 10.1 Å². The molecule has 0 fully saturated rings. The number of alkyl halides is 3. The highest BCUT2D eigenvalue weighted by Crippen LogP contribution is 2.31. The number of nitrogens with zero attached hydrogens (tertiary/aromatic N) is 1. The summed E-state index contributed by atoms with van der Waals surface area (Å²) in [6.07, 6.45) is -4.63. The van der Waals surface area contributed by atoms with Crippen LogP contribution in [-0.2, 0) is 11.0 Å². The van der Waals surface area contributed by atoms with Crippen molar-refractivity contribution in [1.29, 1.82) is 5.26 Å². The first-order valence-corrected chi connectivity index (χ1v) is 6.50. The maximum atomic E-state index is 12.5. The van der Waals surface area contributed by atoms with Crippen molar-refractivity contribution >= 4 is 11.6 Å². The number of rotatable bonds is 4. The number of halogens is 3. The van der Waals surface area contributed by atoms with Crippen LogP contribution in [0.2, 0.25) is 0 Å². The quantitative estimate of drug-likeness (QED) is 0.911. The van der Waals surface area contributed by atoms with Gasteiger partial charge in [0.15, 0.2) is 0 Å². The minimum Gasteiger partial charge on any atom is -0.457 e. The van der Waals surface area contributed by atoms with Gasteiger partial charge in [0.1, 0.15) is 17.9 Å². The molecular formula is C16H11F3N2O2.